The summed E-state index contributed by atoms with van der Waals surface area (Å²) in [6.45, 7) is 0. The molecule has 3 N–H and O–H groups in total. The summed E-state index contributed by atoms with van der Waals surface area (Å²) in [6, 6.07) is 10.3. The highest BCUT2D eigenvalue weighted by molar-refractivity contribution is 6.36. The van der Waals surface area contributed by atoms with Gasteiger partial charge < -0.3 is 15.5 Å². The molecule has 1 atom stereocenters. The quantitative estimate of drug-likeness (QED) is 0.459. The molecule has 0 aliphatic rings. The number of rotatable bonds is 6. The van der Waals surface area contributed by atoms with Crippen molar-refractivity contribution in [2.75, 3.05) is 12.8 Å². The minimum absolute atomic E-state index is 0.00115. The number of halogens is 2. The number of nitrogens with one attached hydrogen (secondary N) is 1. The van der Waals surface area contributed by atoms with Crippen LogP contribution in [0.3, 0.4) is 0 Å². The molecule has 0 spiro atoms. The molecule has 0 aliphatic heterocycles. The van der Waals surface area contributed by atoms with E-state index < -0.39 is 4.92 Å². The zero-order valence-electron chi connectivity index (χ0n) is 14.3. The monoisotopic (exact) mass is 406 g/mol. The number of H-pyrrole nitrogens is 1. The average Bonchev–Trinajstić information content (AvgIpc) is 3.07. The number of nitrogens with zero attached hydrogens (tertiary/aromatic N) is 2. The third-order valence-electron chi connectivity index (χ3n) is 4.23. The van der Waals surface area contributed by atoms with Gasteiger partial charge in [0, 0.05) is 23.2 Å². The van der Waals surface area contributed by atoms with Crippen molar-refractivity contribution in [1.29, 1.82) is 0 Å². The molecule has 0 saturated carbocycles. The van der Waals surface area contributed by atoms with E-state index in [-0.39, 0.29) is 22.6 Å². The number of nitro groups is 1. The van der Waals surface area contributed by atoms with Crippen LogP contribution in [0.4, 0.5) is 11.6 Å². The topological polar surface area (TPSA) is 107 Å². The van der Waals surface area contributed by atoms with Gasteiger partial charge in [0.1, 0.15) is 10.8 Å². The second-order valence-electron chi connectivity index (χ2n) is 5.89. The first-order chi connectivity index (χ1) is 12.9. The van der Waals surface area contributed by atoms with Gasteiger partial charge in [-0.15, -0.1) is 0 Å². The average molecular weight is 407 g/mol. The highest BCUT2D eigenvalue weighted by Gasteiger charge is 2.22. The van der Waals surface area contributed by atoms with Gasteiger partial charge in [0.2, 0.25) is 0 Å². The molecule has 0 fully saturated rings. The van der Waals surface area contributed by atoms with Crippen LogP contribution in [0.1, 0.15) is 22.7 Å². The zero-order valence-corrected chi connectivity index (χ0v) is 15.8. The van der Waals surface area contributed by atoms with Gasteiger partial charge in [-0.2, -0.15) is 0 Å². The third-order valence-corrected chi connectivity index (χ3v) is 4.88. The summed E-state index contributed by atoms with van der Waals surface area (Å²) in [6.07, 6.45) is 2.09. The number of hydrogen-bond acceptors (Lipinski definition) is 5. The Balaban J connectivity index is 2.04. The lowest BCUT2D eigenvalue weighted by atomic mass is 9.89. The number of imidazole rings is 1. The lowest BCUT2D eigenvalue weighted by Gasteiger charge is -2.17. The number of anilines is 1. The minimum atomic E-state index is -0.531. The van der Waals surface area contributed by atoms with Crippen molar-refractivity contribution >= 4 is 34.8 Å². The number of ether oxygens (including phenoxy) is 1. The molecule has 7 nitrogen and oxygen atoms in total. The van der Waals surface area contributed by atoms with Crippen molar-refractivity contribution in [3.63, 3.8) is 0 Å². The van der Waals surface area contributed by atoms with E-state index >= 15 is 0 Å². The van der Waals surface area contributed by atoms with E-state index in [2.05, 4.69) is 9.97 Å². The van der Waals surface area contributed by atoms with Crippen molar-refractivity contribution in [1.82, 2.24) is 9.97 Å². The fourth-order valence-corrected chi connectivity index (χ4v) is 3.39. The third kappa shape index (κ3) is 4.15. The van der Waals surface area contributed by atoms with Gasteiger partial charge in [-0.25, -0.2) is 4.98 Å². The van der Waals surface area contributed by atoms with Crippen LogP contribution in [-0.4, -0.2) is 22.0 Å². The summed E-state index contributed by atoms with van der Waals surface area (Å²) in [7, 11) is 1.59. The predicted molar refractivity (Wildman–Crippen MR) is 105 cm³/mol. The Morgan fingerprint density at radius 2 is 1.96 bits per heavy atom. The molecule has 140 valence electrons. The van der Waals surface area contributed by atoms with Gasteiger partial charge in [0.15, 0.2) is 5.95 Å². The first kappa shape index (κ1) is 19.0. The molecule has 3 aromatic rings. The van der Waals surface area contributed by atoms with E-state index in [4.69, 9.17) is 33.7 Å². The molecule has 0 bridgehead atoms. The van der Waals surface area contributed by atoms with Crippen molar-refractivity contribution in [3.8, 4) is 5.75 Å². The summed E-state index contributed by atoms with van der Waals surface area (Å²) >= 11 is 12.2. The maximum absolute atomic E-state index is 11.2. The second-order valence-corrected chi connectivity index (χ2v) is 6.71. The van der Waals surface area contributed by atoms with Crippen LogP contribution in [0.5, 0.6) is 5.75 Å². The molecule has 0 saturated heterocycles. The normalized spacial score (nSPS) is 12.0. The number of hydrogen-bond donors (Lipinski definition) is 2. The Hall–Kier alpha value is -2.77. The Kier molecular flexibility index (Phi) is 5.53. The lowest BCUT2D eigenvalue weighted by molar-refractivity contribution is -0.384. The molecule has 2 aromatic carbocycles. The minimum Gasteiger partial charge on any atom is -0.497 e. The van der Waals surface area contributed by atoms with Gasteiger partial charge in [-0.3, -0.25) is 10.1 Å². The highest BCUT2D eigenvalue weighted by atomic mass is 35.5. The van der Waals surface area contributed by atoms with Crippen molar-refractivity contribution in [2.24, 2.45) is 0 Å². The zero-order chi connectivity index (χ0) is 19.6. The highest BCUT2D eigenvalue weighted by Crippen LogP contribution is 2.36. The number of aromatic amines is 1. The summed E-state index contributed by atoms with van der Waals surface area (Å²) < 4.78 is 5.20. The lowest BCUT2D eigenvalue weighted by Crippen LogP contribution is -2.07. The van der Waals surface area contributed by atoms with Crippen LogP contribution < -0.4 is 10.5 Å². The summed E-state index contributed by atoms with van der Waals surface area (Å²) in [4.78, 5) is 17.9. The number of benzene rings is 2. The fourth-order valence-electron chi connectivity index (χ4n) is 2.86. The van der Waals surface area contributed by atoms with Crippen molar-refractivity contribution in [2.45, 2.75) is 12.3 Å². The van der Waals surface area contributed by atoms with Gasteiger partial charge in [0.25, 0.3) is 5.69 Å². The Morgan fingerprint density at radius 1 is 1.26 bits per heavy atom. The standard InChI is InChI=1S/C18H16Cl2N4O3/c1-27-12-4-2-10(3-5-12)13(16-9-22-18(21)23-16)6-11-7-17(24(25)26)15(20)8-14(11)19/h2-5,7-9,13H,6H2,1H3,(H3,21,22,23). The molecule has 0 aliphatic carbocycles. The van der Waals surface area contributed by atoms with Gasteiger partial charge in [-0.05, 0) is 35.7 Å². The van der Waals surface area contributed by atoms with E-state index in [9.17, 15) is 10.1 Å². The largest absolute Gasteiger partial charge is 0.497 e. The molecule has 27 heavy (non-hydrogen) atoms. The maximum Gasteiger partial charge on any atom is 0.288 e. The molecular formula is C18H16Cl2N4O3. The number of nitrogen functional groups attached to an aromatic ring is 1. The molecule has 1 unspecified atom stereocenters. The molecule has 0 radical (unpaired) electrons. The molecule has 3 rings (SSSR count). The van der Waals surface area contributed by atoms with E-state index in [1.165, 1.54) is 12.1 Å². The first-order valence-electron chi connectivity index (χ1n) is 7.96. The van der Waals surface area contributed by atoms with Gasteiger partial charge in [-0.1, -0.05) is 35.3 Å². The van der Waals surface area contributed by atoms with Crippen LogP contribution in [-0.2, 0) is 6.42 Å². The second kappa shape index (κ2) is 7.85. The number of nitro benzene ring substituents is 1. The number of aromatic nitrogens is 2. The van der Waals surface area contributed by atoms with Crippen LogP contribution in [0.15, 0.2) is 42.6 Å². The predicted octanol–water partition coefficient (Wildman–Crippen LogP) is 4.59. The maximum atomic E-state index is 11.2. The molecule has 1 aromatic heterocycles. The Labute approximate surface area is 165 Å². The number of nitrogens with two attached hydrogens (primary N) is 1. The van der Waals surface area contributed by atoms with Gasteiger partial charge >= 0.3 is 0 Å². The first-order valence-corrected chi connectivity index (χ1v) is 8.71. The van der Waals surface area contributed by atoms with E-state index in [0.29, 0.717) is 22.7 Å². The van der Waals surface area contributed by atoms with Crippen molar-refractivity contribution < 1.29 is 9.66 Å². The van der Waals surface area contributed by atoms with Crippen molar-refractivity contribution in [3.05, 3.63) is 79.6 Å². The van der Waals surface area contributed by atoms with Crippen LogP contribution in [0, 0.1) is 10.1 Å². The smallest absolute Gasteiger partial charge is 0.288 e. The van der Waals surface area contributed by atoms with Gasteiger partial charge in [0.05, 0.1) is 17.7 Å². The SMILES string of the molecule is COc1ccc(C(Cc2cc([N+](=O)[O-])c(Cl)cc2Cl)c2c[nH]c(N)n2)cc1. The molecule has 0 amide bonds. The van der Waals surface area contributed by atoms with Crippen LogP contribution in [0.25, 0.3) is 0 Å². The summed E-state index contributed by atoms with van der Waals surface area (Å²) in [5.41, 5.74) is 7.77. The Morgan fingerprint density at radius 3 is 2.52 bits per heavy atom. The van der Waals surface area contributed by atoms with Crippen LogP contribution in [0.2, 0.25) is 10.0 Å². The molecular weight excluding hydrogens is 391 g/mol. The number of methoxy groups -OCH3 is 1. The summed E-state index contributed by atoms with van der Waals surface area (Å²) in [5.74, 6) is 0.790. The van der Waals surface area contributed by atoms with E-state index in [1.54, 1.807) is 13.3 Å². The summed E-state index contributed by atoms with van der Waals surface area (Å²) in [5, 5.41) is 11.6. The van der Waals surface area contributed by atoms with E-state index in [0.717, 1.165) is 11.3 Å². The molecule has 9 heteroatoms. The fraction of sp³-hybridized carbons (Fsp3) is 0.167. The van der Waals surface area contributed by atoms with Crippen LogP contribution >= 0.6 is 23.2 Å². The Bertz CT molecular complexity index is 973. The molecule has 1 heterocycles. The van der Waals surface area contributed by atoms with E-state index in [1.807, 2.05) is 24.3 Å².